The van der Waals surface area contributed by atoms with E-state index in [-0.39, 0.29) is 44.6 Å². The highest BCUT2D eigenvalue weighted by molar-refractivity contribution is 5.89. The molecule has 0 amide bonds. The number of carbonyl (C=O) groups is 4. The van der Waals surface area contributed by atoms with E-state index in [0.29, 0.717) is 11.1 Å². The van der Waals surface area contributed by atoms with Crippen LogP contribution in [0.1, 0.15) is 76.4 Å². The van der Waals surface area contributed by atoms with Gasteiger partial charge >= 0.3 is 24.2 Å². The molecule has 0 fully saturated rings. The summed E-state index contributed by atoms with van der Waals surface area (Å²) in [7, 11) is 0. The molecule has 0 spiro atoms. The molecule has 0 saturated carbocycles. The number of hydrogen-bond acceptors (Lipinski definition) is 8. The Balaban J connectivity index is -0.0000000498. The van der Waals surface area contributed by atoms with Gasteiger partial charge in [-0.15, -0.1) is 0 Å². The average Bonchev–Trinajstić information content (AvgIpc) is 2.67. The fourth-order valence-electron chi connectivity index (χ4n) is 1.48. The SMILES string of the molecule is C.C.C.C.C.C.Cc1ccc(C(=O)OO)cc1.Cc1ccc(C(=O)OO)cc1.O=C(O)O.O=C(O)O. The van der Waals surface area contributed by atoms with Gasteiger partial charge in [0.05, 0.1) is 11.1 Å². The van der Waals surface area contributed by atoms with Crippen molar-refractivity contribution in [3.05, 3.63) is 70.8 Å². The van der Waals surface area contributed by atoms with Crippen LogP contribution in [0.5, 0.6) is 0 Å². The minimum atomic E-state index is -1.83. The summed E-state index contributed by atoms with van der Waals surface area (Å²) >= 11 is 0. The molecule has 2 aromatic carbocycles. The third kappa shape index (κ3) is 32.0. The van der Waals surface area contributed by atoms with Gasteiger partial charge in [0.1, 0.15) is 0 Å². The van der Waals surface area contributed by atoms with Crippen molar-refractivity contribution >= 4 is 24.2 Å². The van der Waals surface area contributed by atoms with E-state index >= 15 is 0 Å². The number of carbonyl (C=O) groups excluding carboxylic acids is 2. The Morgan fingerprint density at radius 1 is 0.500 bits per heavy atom. The molecule has 0 aliphatic rings. The molecule has 0 aliphatic heterocycles. The van der Waals surface area contributed by atoms with Crippen LogP contribution in [0, 0.1) is 13.8 Å². The van der Waals surface area contributed by atoms with E-state index < -0.39 is 24.2 Å². The topological polar surface area (TPSA) is 208 Å². The van der Waals surface area contributed by atoms with Crippen LogP contribution in [0.25, 0.3) is 0 Å². The normalized spacial score (nSPS) is 7.00. The standard InChI is InChI=1S/2C8H8O3.2CH2O3.6CH4/c2*1-6-2-4-7(5-3-6)8(9)11-10;2*2-1(3)4;;;;;;/h2*2-5,10H,1H3;2*(H2,2,3,4);6*1H4. The van der Waals surface area contributed by atoms with Gasteiger partial charge in [-0.1, -0.05) is 80.0 Å². The van der Waals surface area contributed by atoms with E-state index in [1.165, 1.54) is 0 Å². The summed E-state index contributed by atoms with van der Waals surface area (Å²) in [6.45, 7) is 3.82. The summed E-state index contributed by atoms with van der Waals surface area (Å²) in [6, 6.07) is 13.4. The molecule has 12 nitrogen and oxygen atoms in total. The quantitative estimate of drug-likeness (QED) is 0.166. The van der Waals surface area contributed by atoms with Gasteiger partial charge < -0.3 is 20.4 Å². The number of carboxylic acid groups (broad SMARTS) is 4. The first-order valence-corrected chi connectivity index (χ1v) is 7.63. The molecule has 2 rings (SSSR count). The van der Waals surface area contributed by atoms with Gasteiger partial charge in [-0.2, -0.15) is 10.5 Å². The lowest BCUT2D eigenvalue weighted by Gasteiger charge is -1.95. The van der Waals surface area contributed by atoms with Crippen molar-refractivity contribution in [3.63, 3.8) is 0 Å². The van der Waals surface area contributed by atoms with Gasteiger partial charge in [-0.05, 0) is 38.1 Å². The zero-order valence-corrected chi connectivity index (χ0v) is 15.8. The Bertz CT molecular complexity index is 723. The predicted octanol–water partition coefficient (Wildman–Crippen LogP) is 7.51. The lowest BCUT2D eigenvalue weighted by molar-refractivity contribution is -0.182. The van der Waals surface area contributed by atoms with Crippen LogP contribution in [0.3, 0.4) is 0 Å². The molecule has 0 atom stereocenters. The maximum Gasteiger partial charge on any atom is 0.503 e. The van der Waals surface area contributed by atoms with Crippen LogP contribution in [-0.2, 0) is 9.78 Å². The number of benzene rings is 2. The molecule has 6 N–H and O–H groups in total. The minimum absolute atomic E-state index is 0. The van der Waals surface area contributed by atoms with Crippen molar-refractivity contribution < 1.29 is 59.9 Å². The second kappa shape index (κ2) is 30.8. The van der Waals surface area contributed by atoms with Crippen LogP contribution in [0.2, 0.25) is 0 Å². The Morgan fingerprint density at radius 3 is 0.806 bits per heavy atom. The van der Waals surface area contributed by atoms with Crippen LogP contribution < -0.4 is 0 Å². The lowest BCUT2D eigenvalue weighted by atomic mass is 10.2. The van der Waals surface area contributed by atoms with Crippen molar-refractivity contribution in [1.82, 2.24) is 0 Å². The molecule has 0 aromatic heterocycles. The molecule has 36 heavy (non-hydrogen) atoms. The molecule has 2 aromatic rings. The highest BCUT2D eigenvalue weighted by Crippen LogP contribution is 2.04. The summed E-state index contributed by atoms with van der Waals surface area (Å²) in [5.41, 5.74) is 2.80. The summed E-state index contributed by atoms with van der Waals surface area (Å²) < 4.78 is 0. The van der Waals surface area contributed by atoms with Crippen molar-refractivity contribution in [2.24, 2.45) is 0 Å². The van der Waals surface area contributed by atoms with Crippen molar-refractivity contribution in [2.45, 2.75) is 58.4 Å². The number of rotatable bonds is 2. The molecule has 0 radical (unpaired) electrons. The Kier molecular flexibility index (Phi) is 45.6. The third-order valence-electron chi connectivity index (χ3n) is 2.74. The van der Waals surface area contributed by atoms with Crippen molar-refractivity contribution in [3.8, 4) is 0 Å². The monoisotopic (exact) mass is 524 g/mol. The fourth-order valence-corrected chi connectivity index (χ4v) is 1.48. The molecule has 0 bridgehead atoms. The summed E-state index contributed by atoms with van der Waals surface area (Å²) in [5.74, 6) is -1.46. The molecule has 0 unspecified atom stereocenters. The Labute approximate surface area is 213 Å². The highest BCUT2D eigenvalue weighted by Gasteiger charge is 2.04. The second-order valence-corrected chi connectivity index (χ2v) is 5.05. The van der Waals surface area contributed by atoms with E-state index in [0.717, 1.165) is 11.1 Å². The van der Waals surface area contributed by atoms with Gasteiger partial charge in [0.15, 0.2) is 0 Å². The van der Waals surface area contributed by atoms with Gasteiger partial charge in [-0.25, -0.2) is 19.2 Å². The molecular formula is C24H44O12. The first-order chi connectivity index (χ1) is 13.9. The minimum Gasteiger partial charge on any atom is -0.450 e. The number of hydrogen-bond donors (Lipinski definition) is 6. The fraction of sp³-hybridized carbons (Fsp3) is 0.333. The van der Waals surface area contributed by atoms with Crippen LogP contribution >= 0.6 is 0 Å². The zero-order valence-electron chi connectivity index (χ0n) is 15.8. The van der Waals surface area contributed by atoms with Crippen LogP contribution in [0.15, 0.2) is 48.5 Å². The highest BCUT2D eigenvalue weighted by atomic mass is 17.1. The predicted molar refractivity (Wildman–Crippen MR) is 140 cm³/mol. The third-order valence-corrected chi connectivity index (χ3v) is 2.74. The first-order valence-electron chi connectivity index (χ1n) is 7.63. The van der Waals surface area contributed by atoms with Crippen LogP contribution in [0.4, 0.5) is 9.59 Å². The molecule has 12 heteroatoms. The second-order valence-electron chi connectivity index (χ2n) is 5.05. The lowest BCUT2D eigenvalue weighted by Crippen LogP contribution is -2.00. The average molecular weight is 525 g/mol. The maximum atomic E-state index is 10.7. The van der Waals surface area contributed by atoms with Crippen molar-refractivity contribution in [1.29, 1.82) is 0 Å². The van der Waals surface area contributed by atoms with Gasteiger partial charge in [0.25, 0.3) is 0 Å². The van der Waals surface area contributed by atoms with Gasteiger partial charge in [0.2, 0.25) is 0 Å². The van der Waals surface area contributed by atoms with E-state index in [1.807, 2.05) is 13.8 Å². The Hall–Kier alpha value is -4.16. The van der Waals surface area contributed by atoms with E-state index in [9.17, 15) is 9.59 Å². The van der Waals surface area contributed by atoms with E-state index in [2.05, 4.69) is 9.78 Å². The summed E-state index contributed by atoms with van der Waals surface area (Å²) in [4.78, 5) is 45.5. The summed E-state index contributed by atoms with van der Waals surface area (Å²) in [6.07, 6.45) is -3.67. The van der Waals surface area contributed by atoms with Crippen molar-refractivity contribution in [2.75, 3.05) is 0 Å². The molecular weight excluding hydrogens is 480 g/mol. The largest absolute Gasteiger partial charge is 0.503 e. The van der Waals surface area contributed by atoms with Gasteiger partial charge in [-0.3, -0.25) is 9.78 Å². The zero-order chi connectivity index (χ0) is 23.7. The molecule has 0 saturated heterocycles. The molecule has 0 aliphatic carbocycles. The number of aryl methyl sites for hydroxylation is 2. The summed E-state index contributed by atoms with van der Waals surface area (Å²) in [5, 5.41) is 43.9. The van der Waals surface area contributed by atoms with Crippen LogP contribution in [-0.4, -0.2) is 55.2 Å². The maximum absolute atomic E-state index is 10.7. The molecule has 212 valence electrons. The molecule has 0 heterocycles. The first kappa shape index (κ1) is 53.3. The van der Waals surface area contributed by atoms with E-state index in [4.69, 9.17) is 40.5 Å². The van der Waals surface area contributed by atoms with E-state index in [1.54, 1.807) is 48.5 Å². The smallest absolute Gasteiger partial charge is 0.450 e. The Morgan fingerprint density at radius 2 is 0.667 bits per heavy atom. The van der Waals surface area contributed by atoms with Gasteiger partial charge in [0, 0.05) is 0 Å².